The minimum absolute atomic E-state index is 0.301. The molecule has 1 aromatic heterocycles. The Morgan fingerprint density at radius 2 is 2.00 bits per heavy atom. The van der Waals surface area contributed by atoms with E-state index < -0.39 is 0 Å². The fraction of sp³-hybridized carbons (Fsp3) is 0.429. The predicted molar refractivity (Wildman–Crippen MR) is 79.9 cm³/mol. The number of nitrogens with zero attached hydrogens (tertiary/aromatic N) is 5. The van der Waals surface area contributed by atoms with Crippen molar-refractivity contribution >= 4 is 17.3 Å². The fourth-order valence-electron chi connectivity index (χ4n) is 2.53. The van der Waals surface area contributed by atoms with Gasteiger partial charge in [0.15, 0.2) is 0 Å². The van der Waals surface area contributed by atoms with E-state index >= 15 is 0 Å². The van der Waals surface area contributed by atoms with Gasteiger partial charge in [-0.15, -0.1) is 10.2 Å². The van der Waals surface area contributed by atoms with Crippen LogP contribution in [0.3, 0.4) is 0 Å². The van der Waals surface area contributed by atoms with E-state index in [0.717, 1.165) is 44.2 Å². The van der Waals surface area contributed by atoms with Crippen LogP contribution in [0.5, 0.6) is 0 Å². The Morgan fingerprint density at radius 1 is 1.24 bits per heavy atom. The minimum atomic E-state index is -0.301. The zero-order valence-corrected chi connectivity index (χ0v) is 12.6. The molecule has 1 aliphatic rings. The van der Waals surface area contributed by atoms with Crippen LogP contribution in [0.4, 0.5) is 10.1 Å². The van der Waals surface area contributed by atoms with Crippen molar-refractivity contribution in [3.63, 3.8) is 0 Å². The molecule has 1 aliphatic heterocycles. The van der Waals surface area contributed by atoms with Crippen molar-refractivity contribution in [2.75, 3.05) is 31.1 Å². The lowest BCUT2D eigenvalue weighted by Gasteiger charge is -2.36. The maximum absolute atomic E-state index is 13.1. The second-order valence-corrected chi connectivity index (χ2v) is 5.62. The Bertz CT molecular complexity index is 622. The summed E-state index contributed by atoms with van der Waals surface area (Å²) in [5, 5.41) is 8.47. The van der Waals surface area contributed by atoms with E-state index in [1.807, 2.05) is 11.6 Å². The topological polar surface area (TPSA) is 37.2 Å². The summed E-state index contributed by atoms with van der Waals surface area (Å²) in [5.41, 5.74) is 0.899. The van der Waals surface area contributed by atoms with Crippen LogP contribution in [0.15, 0.2) is 24.5 Å². The molecule has 112 valence electrons. The molecular weight excluding hydrogens is 293 g/mol. The molecule has 5 nitrogen and oxygen atoms in total. The number of hydrogen-bond donors (Lipinski definition) is 0. The first-order valence-electron chi connectivity index (χ1n) is 6.89. The molecule has 0 aliphatic carbocycles. The minimum Gasteiger partial charge on any atom is -0.368 e. The van der Waals surface area contributed by atoms with Crippen molar-refractivity contribution < 1.29 is 4.39 Å². The highest BCUT2D eigenvalue weighted by Crippen LogP contribution is 2.27. The highest BCUT2D eigenvalue weighted by molar-refractivity contribution is 6.33. The summed E-state index contributed by atoms with van der Waals surface area (Å²) >= 11 is 6.12. The van der Waals surface area contributed by atoms with Gasteiger partial charge in [0, 0.05) is 33.2 Å². The molecule has 0 bridgehead atoms. The number of halogens is 2. The number of aryl methyl sites for hydroxylation is 1. The lowest BCUT2D eigenvalue weighted by molar-refractivity contribution is 0.241. The van der Waals surface area contributed by atoms with Gasteiger partial charge in [-0.2, -0.15) is 0 Å². The summed E-state index contributed by atoms with van der Waals surface area (Å²) in [5.74, 6) is 0.660. The van der Waals surface area contributed by atoms with Gasteiger partial charge in [-0.1, -0.05) is 11.6 Å². The lowest BCUT2D eigenvalue weighted by atomic mass is 10.2. The second-order valence-electron chi connectivity index (χ2n) is 5.22. The third-order valence-electron chi connectivity index (χ3n) is 3.79. The van der Waals surface area contributed by atoms with Crippen molar-refractivity contribution in [2.24, 2.45) is 7.05 Å². The summed E-state index contributed by atoms with van der Waals surface area (Å²) in [7, 11) is 1.95. The smallest absolute Gasteiger partial charge is 0.146 e. The third-order valence-corrected chi connectivity index (χ3v) is 4.10. The summed E-state index contributed by atoms with van der Waals surface area (Å²) < 4.78 is 15.0. The second kappa shape index (κ2) is 5.99. The van der Waals surface area contributed by atoms with Gasteiger partial charge in [-0.25, -0.2) is 4.39 Å². The van der Waals surface area contributed by atoms with E-state index in [-0.39, 0.29) is 5.82 Å². The van der Waals surface area contributed by atoms with Crippen molar-refractivity contribution in [3.05, 3.63) is 41.2 Å². The van der Waals surface area contributed by atoms with Crippen molar-refractivity contribution in [3.8, 4) is 0 Å². The Kier molecular flexibility index (Phi) is 4.07. The fourth-order valence-corrected chi connectivity index (χ4v) is 2.82. The van der Waals surface area contributed by atoms with Crippen molar-refractivity contribution in [1.29, 1.82) is 0 Å². The highest BCUT2D eigenvalue weighted by Gasteiger charge is 2.20. The molecule has 1 aromatic carbocycles. The van der Waals surface area contributed by atoms with E-state index in [4.69, 9.17) is 11.6 Å². The van der Waals surface area contributed by atoms with Gasteiger partial charge in [0.25, 0.3) is 0 Å². The normalized spacial score (nSPS) is 16.4. The quantitative estimate of drug-likeness (QED) is 0.868. The van der Waals surface area contributed by atoms with Gasteiger partial charge in [0.2, 0.25) is 0 Å². The standard InChI is InChI=1S/C14H17ClFN5/c1-19-10-17-18-14(19)9-20-4-6-21(7-5-20)13-3-2-11(16)8-12(13)15/h2-3,8,10H,4-7,9H2,1H3. The van der Waals surface area contributed by atoms with Crippen molar-refractivity contribution in [1.82, 2.24) is 19.7 Å². The molecule has 3 rings (SSSR count). The third kappa shape index (κ3) is 3.16. The SMILES string of the molecule is Cn1cnnc1CN1CCN(c2ccc(F)cc2Cl)CC1. The first-order chi connectivity index (χ1) is 10.1. The van der Waals surface area contributed by atoms with Crippen molar-refractivity contribution in [2.45, 2.75) is 6.54 Å². The summed E-state index contributed by atoms with van der Waals surface area (Å²) in [6, 6.07) is 4.56. The molecule has 0 N–H and O–H groups in total. The van der Waals surface area contributed by atoms with Crippen LogP contribution in [0.2, 0.25) is 5.02 Å². The molecule has 7 heteroatoms. The van der Waals surface area contributed by atoms with E-state index in [1.54, 1.807) is 12.4 Å². The van der Waals surface area contributed by atoms with Gasteiger partial charge >= 0.3 is 0 Å². The maximum Gasteiger partial charge on any atom is 0.146 e. The van der Waals surface area contributed by atoms with E-state index in [1.165, 1.54) is 12.1 Å². The summed E-state index contributed by atoms with van der Waals surface area (Å²) in [6.45, 7) is 4.36. The van der Waals surface area contributed by atoms with Gasteiger partial charge in [0.05, 0.1) is 17.3 Å². The number of aromatic nitrogens is 3. The number of benzene rings is 1. The molecular formula is C14H17ClFN5. The average Bonchev–Trinajstić information content (AvgIpc) is 2.86. The zero-order chi connectivity index (χ0) is 14.8. The summed E-state index contributed by atoms with van der Waals surface area (Å²) in [4.78, 5) is 4.52. The Hall–Kier alpha value is -1.66. The molecule has 21 heavy (non-hydrogen) atoms. The molecule has 0 amide bonds. The van der Waals surface area contributed by atoms with Crippen LogP contribution in [0, 0.1) is 5.82 Å². The predicted octanol–water partition coefficient (Wildman–Crippen LogP) is 1.93. The maximum atomic E-state index is 13.1. The van der Waals surface area contributed by atoms with Crippen LogP contribution < -0.4 is 4.90 Å². The van der Waals surface area contributed by atoms with Gasteiger partial charge in [0.1, 0.15) is 18.0 Å². The monoisotopic (exact) mass is 309 g/mol. The largest absolute Gasteiger partial charge is 0.368 e. The van der Waals surface area contributed by atoms with Gasteiger partial charge < -0.3 is 9.47 Å². The van der Waals surface area contributed by atoms with E-state index in [0.29, 0.717) is 5.02 Å². The van der Waals surface area contributed by atoms with E-state index in [2.05, 4.69) is 20.0 Å². The first kappa shape index (κ1) is 14.3. The van der Waals surface area contributed by atoms with Crippen LogP contribution >= 0.6 is 11.6 Å². The molecule has 0 saturated carbocycles. The van der Waals surface area contributed by atoms with Crippen LogP contribution in [-0.2, 0) is 13.6 Å². The Morgan fingerprint density at radius 3 is 2.62 bits per heavy atom. The molecule has 2 heterocycles. The van der Waals surface area contributed by atoms with Crippen LogP contribution in [0.1, 0.15) is 5.82 Å². The van der Waals surface area contributed by atoms with E-state index in [9.17, 15) is 4.39 Å². The number of piperazine rings is 1. The Balaban J connectivity index is 1.61. The molecule has 0 atom stereocenters. The molecule has 0 spiro atoms. The molecule has 2 aromatic rings. The number of anilines is 1. The Labute approximate surface area is 127 Å². The van der Waals surface area contributed by atoms with Gasteiger partial charge in [-0.05, 0) is 18.2 Å². The number of rotatable bonds is 3. The zero-order valence-electron chi connectivity index (χ0n) is 11.8. The van der Waals surface area contributed by atoms with Crippen LogP contribution in [-0.4, -0.2) is 45.8 Å². The summed E-state index contributed by atoms with van der Waals surface area (Å²) in [6.07, 6.45) is 1.71. The van der Waals surface area contributed by atoms with Crippen LogP contribution in [0.25, 0.3) is 0 Å². The molecule has 1 saturated heterocycles. The first-order valence-corrected chi connectivity index (χ1v) is 7.26. The average molecular weight is 310 g/mol. The van der Waals surface area contributed by atoms with Gasteiger partial charge in [-0.3, -0.25) is 4.90 Å². The highest BCUT2D eigenvalue weighted by atomic mass is 35.5. The molecule has 0 unspecified atom stereocenters. The lowest BCUT2D eigenvalue weighted by Crippen LogP contribution is -2.46. The molecule has 0 radical (unpaired) electrons. The number of hydrogen-bond acceptors (Lipinski definition) is 4. The molecule has 1 fully saturated rings.